The predicted octanol–water partition coefficient (Wildman–Crippen LogP) is 6.40. The van der Waals surface area contributed by atoms with Crippen molar-refractivity contribution in [2.45, 2.75) is 77.1 Å². The maximum absolute atomic E-state index is 14.8. The number of rotatable bonds is 8. The Morgan fingerprint density at radius 1 is 1.18 bits per heavy atom. The molecule has 0 radical (unpaired) electrons. The number of alkyl halides is 5. The van der Waals surface area contributed by atoms with E-state index in [0.717, 1.165) is 7.05 Å². The maximum Gasteiger partial charge on any atom is 0.417 e. The standard InChI is InChI=1S/C23H27F6N3O/c1-5-13-9-8-10-15(17(13)23(27,28)29)22(6-2,7-3)32(14-11-12-14)21(33)16-18(19(24)25)30-31(4)20(16)26/h8-10,14,19H,5-7,11-12H2,1-4H3. The second kappa shape index (κ2) is 9.02. The summed E-state index contributed by atoms with van der Waals surface area (Å²) in [6.45, 7) is 4.91. The highest BCUT2D eigenvalue weighted by molar-refractivity contribution is 5.96. The number of carbonyl (C=O) groups excluding carboxylic acids is 1. The number of benzene rings is 1. The number of hydrogen-bond acceptors (Lipinski definition) is 2. The van der Waals surface area contributed by atoms with E-state index >= 15 is 0 Å². The molecule has 1 fully saturated rings. The normalized spacial score (nSPS) is 14.8. The van der Waals surface area contributed by atoms with Gasteiger partial charge in [-0.15, -0.1) is 0 Å². The van der Waals surface area contributed by atoms with Crippen molar-refractivity contribution < 1.29 is 31.1 Å². The Labute approximate surface area is 188 Å². The molecular weight excluding hydrogens is 448 g/mol. The van der Waals surface area contributed by atoms with Crippen LogP contribution in [-0.4, -0.2) is 26.6 Å². The van der Waals surface area contributed by atoms with Gasteiger partial charge in [0.15, 0.2) is 0 Å². The van der Waals surface area contributed by atoms with Crippen molar-refractivity contribution >= 4 is 5.91 Å². The molecule has 1 amide bonds. The van der Waals surface area contributed by atoms with Crippen molar-refractivity contribution in [1.29, 1.82) is 0 Å². The first-order valence-corrected chi connectivity index (χ1v) is 11.0. The van der Waals surface area contributed by atoms with Crippen LogP contribution in [0, 0.1) is 5.95 Å². The topological polar surface area (TPSA) is 38.1 Å². The molecule has 0 unspecified atom stereocenters. The Morgan fingerprint density at radius 2 is 1.79 bits per heavy atom. The van der Waals surface area contributed by atoms with Crippen molar-refractivity contribution in [3.8, 4) is 0 Å². The molecule has 1 aromatic carbocycles. The van der Waals surface area contributed by atoms with Gasteiger partial charge in [0, 0.05) is 13.1 Å². The third-order valence-electron chi connectivity index (χ3n) is 6.50. The molecule has 1 aliphatic rings. The third-order valence-corrected chi connectivity index (χ3v) is 6.50. The molecule has 2 aromatic rings. The van der Waals surface area contributed by atoms with Gasteiger partial charge >= 0.3 is 6.18 Å². The minimum atomic E-state index is -4.69. The molecule has 33 heavy (non-hydrogen) atoms. The van der Waals surface area contributed by atoms with E-state index in [2.05, 4.69) is 5.10 Å². The highest BCUT2D eigenvalue weighted by Gasteiger charge is 2.51. The van der Waals surface area contributed by atoms with Crippen LogP contribution in [0.1, 0.15) is 85.6 Å². The van der Waals surface area contributed by atoms with Crippen LogP contribution in [0.5, 0.6) is 0 Å². The number of aromatic nitrogens is 2. The number of aryl methyl sites for hydroxylation is 2. The number of amides is 1. The summed E-state index contributed by atoms with van der Waals surface area (Å²) >= 11 is 0. The molecule has 0 saturated heterocycles. The van der Waals surface area contributed by atoms with Crippen LogP contribution in [0.15, 0.2) is 18.2 Å². The van der Waals surface area contributed by atoms with Crippen LogP contribution >= 0.6 is 0 Å². The van der Waals surface area contributed by atoms with Crippen molar-refractivity contribution in [3.05, 3.63) is 52.1 Å². The van der Waals surface area contributed by atoms with Crippen LogP contribution < -0.4 is 0 Å². The van der Waals surface area contributed by atoms with E-state index in [9.17, 15) is 31.1 Å². The van der Waals surface area contributed by atoms with Crippen molar-refractivity contribution in [2.75, 3.05) is 0 Å². The Balaban J connectivity index is 2.30. The first kappa shape index (κ1) is 25.1. The molecular formula is C23H27F6N3O. The molecule has 10 heteroatoms. The van der Waals surface area contributed by atoms with Gasteiger partial charge in [-0.3, -0.25) is 4.79 Å². The lowest BCUT2D eigenvalue weighted by Crippen LogP contribution is -2.51. The fourth-order valence-corrected chi connectivity index (χ4v) is 4.76. The van der Waals surface area contributed by atoms with E-state index in [-0.39, 0.29) is 30.4 Å². The Morgan fingerprint density at radius 3 is 2.24 bits per heavy atom. The molecule has 1 aliphatic carbocycles. The minimum absolute atomic E-state index is 0.0790. The van der Waals surface area contributed by atoms with E-state index in [1.165, 1.54) is 23.1 Å². The summed E-state index contributed by atoms with van der Waals surface area (Å²) < 4.78 is 85.4. The third kappa shape index (κ3) is 4.24. The molecule has 1 aromatic heterocycles. The van der Waals surface area contributed by atoms with Crippen molar-refractivity contribution in [3.63, 3.8) is 0 Å². The highest BCUT2D eigenvalue weighted by atomic mass is 19.4. The lowest BCUT2D eigenvalue weighted by molar-refractivity contribution is -0.140. The van der Waals surface area contributed by atoms with E-state index < -0.39 is 52.9 Å². The van der Waals surface area contributed by atoms with Crippen LogP contribution in [-0.2, 0) is 25.2 Å². The van der Waals surface area contributed by atoms with Gasteiger partial charge in [0.2, 0.25) is 5.95 Å². The molecule has 0 aliphatic heterocycles. The molecule has 0 atom stereocenters. The number of halogens is 6. The second-order valence-electron chi connectivity index (χ2n) is 8.31. The lowest BCUT2D eigenvalue weighted by Gasteiger charge is -2.45. The summed E-state index contributed by atoms with van der Waals surface area (Å²) in [5, 5.41) is 3.45. The van der Waals surface area contributed by atoms with E-state index in [4.69, 9.17) is 0 Å². The zero-order chi connectivity index (χ0) is 24.7. The van der Waals surface area contributed by atoms with Gasteiger partial charge in [0.05, 0.1) is 11.1 Å². The van der Waals surface area contributed by atoms with Gasteiger partial charge in [0.25, 0.3) is 12.3 Å². The van der Waals surface area contributed by atoms with Gasteiger partial charge in [-0.25, -0.2) is 13.5 Å². The van der Waals surface area contributed by atoms with Gasteiger partial charge in [-0.2, -0.15) is 22.7 Å². The summed E-state index contributed by atoms with van der Waals surface area (Å²) in [7, 11) is 1.10. The molecule has 3 rings (SSSR count). The summed E-state index contributed by atoms with van der Waals surface area (Å²) in [6.07, 6.45) is -6.61. The van der Waals surface area contributed by atoms with Crippen molar-refractivity contribution in [1.82, 2.24) is 14.7 Å². The average Bonchev–Trinajstić information content (AvgIpc) is 3.55. The zero-order valence-electron chi connectivity index (χ0n) is 18.9. The van der Waals surface area contributed by atoms with Crippen LogP contribution in [0.2, 0.25) is 0 Å². The summed E-state index contributed by atoms with van der Waals surface area (Å²) in [4.78, 5) is 14.9. The molecule has 0 spiro atoms. The highest BCUT2D eigenvalue weighted by Crippen LogP contribution is 2.49. The monoisotopic (exact) mass is 475 g/mol. The fraction of sp³-hybridized carbons (Fsp3) is 0.565. The molecule has 182 valence electrons. The zero-order valence-corrected chi connectivity index (χ0v) is 18.9. The second-order valence-corrected chi connectivity index (χ2v) is 8.31. The number of carbonyl (C=O) groups is 1. The van der Waals surface area contributed by atoms with E-state index in [1.807, 2.05) is 0 Å². The Bertz CT molecular complexity index is 1020. The molecule has 4 nitrogen and oxygen atoms in total. The summed E-state index contributed by atoms with van der Waals surface area (Å²) in [6, 6.07) is 3.76. The maximum atomic E-state index is 14.8. The van der Waals surface area contributed by atoms with Crippen LogP contribution in [0.25, 0.3) is 0 Å². The van der Waals surface area contributed by atoms with Crippen molar-refractivity contribution in [2.24, 2.45) is 7.05 Å². The van der Waals surface area contributed by atoms with Gasteiger partial charge < -0.3 is 4.90 Å². The Kier molecular flexibility index (Phi) is 6.87. The fourth-order valence-electron chi connectivity index (χ4n) is 4.76. The first-order valence-electron chi connectivity index (χ1n) is 11.0. The van der Waals surface area contributed by atoms with Gasteiger partial charge in [-0.05, 0) is 43.2 Å². The number of hydrogen-bond donors (Lipinski definition) is 0. The van der Waals surface area contributed by atoms with E-state index in [1.54, 1.807) is 20.8 Å². The smallest absolute Gasteiger partial charge is 0.326 e. The van der Waals surface area contributed by atoms with E-state index in [0.29, 0.717) is 17.5 Å². The van der Waals surface area contributed by atoms with Gasteiger partial charge in [0.1, 0.15) is 11.3 Å². The SMILES string of the molecule is CCc1cccc(C(CC)(CC)N(C(=O)c2c(C(F)F)nn(C)c2F)C2CC2)c1C(F)(F)F. The average molecular weight is 475 g/mol. The molecule has 0 N–H and O–H groups in total. The molecule has 1 heterocycles. The quantitative estimate of drug-likeness (QED) is 0.415. The van der Waals surface area contributed by atoms with Crippen LogP contribution in [0.4, 0.5) is 26.3 Å². The molecule has 0 bridgehead atoms. The Hall–Kier alpha value is -2.52. The van der Waals surface area contributed by atoms with Gasteiger partial charge in [-0.1, -0.05) is 39.0 Å². The first-order chi connectivity index (χ1) is 15.4. The largest absolute Gasteiger partial charge is 0.417 e. The number of nitrogens with zero attached hydrogens (tertiary/aromatic N) is 3. The predicted molar refractivity (Wildman–Crippen MR) is 110 cm³/mol. The van der Waals surface area contributed by atoms with Crippen LogP contribution in [0.3, 0.4) is 0 Å². The lowest BCUT2D eigenvalue weighted by atomic mass is 9.78. The molecule has 1 saturated carbocycles. The summed E-state index contributed by atoms with van der Waals surface area (Å²) in [5.74, 6) is -2.29. The minimum Gasteiger partial charge on any atom is -0.326 e. The summed E-state index contributed by atoms with van der Waals surface area (Å²) in [5.41, 5.74) is -4.19.